The summed E-state index contributed by atoms with van der Waals surface area (Å²) in [6.07, 6.45) is 1.47. The zero-order valence-corrected chi connectivity index (χ0v) is 8.42. The Morgan fingerprint density at radius 2 is 2.62 bits per heavy atom. The normalized spacial score (nSPS) is 29.7. The summed E-state index contributed by atoms with van der Waals surface area (Å²) in [6, 6.07) is 0. The summed E-state index contributed by atoms with van der Waals surface area (Å²) in [6.45, 7) is 1.71. The van der Waals surface area contributed by atoms with Crippen LogP contribution in [0.1, 0.15) is 12.1 Å². The van der Waals surface area contributed by atoms with E-state index in [-0.39, 0.29) is 0 Å². The van der Waals surface area contributed by atoms with E-state index in [0.717, 1.165) is 25.2 Å². The number of aliphatic hydroxyl groups is 1. The minimum Gasteiger partial charge on any atom is -0.388 e. The Balaban J connectivity index is 2.01. The molecule has 72 valence electrons. The molecule has 2 heterocycles. The Morgan fingerprint density at radius 1 is 1.77 bits per heavy atom. The van der Waals surface area contributed by atoms with Crippen LogP contribution in [-0.4, -0.2) is 45.3 Å². The Bertz CT molecular complexity index is 277. The van der Waals surface area contributed by atoms with Gasteiger partial charge in [0.1, 0.15) is 0 Å². The van der Waals surface area contributed by atoms with E-state index in [1.165, 1.54) is 11.5 Å². The highest BCUT2D eigenvalue weighted by molar-refractivity contribution is 7.03. The van der Waals surface area contributed by atoms with E-state index in [1.54, 1.807) is 0 Å². The standard InChI is InChI=1S/C8H13N3OS/c1-11-3-2-8(12,6-11)4-7-5-13-10-9-7/h5,12H,2-4,6H2,1H3. The number of likely N-dealkylation sites (N-methyl/N-ethyl adjacent to an activating group) is 1. The van der Waals surface area contributed by atoms with Crippen LogP contribution in [0.2, 0.25) is 0 Å². The molecule has 0 aliphatic carbocycles. The van der Waals surface area contributed by atoms with Crippen molar-refractivity contribution in [2.45, 2.75) is 18.4 Å². The highest BCUT2D eigenvalue weighted by atomic mass is 32.1. The number of likely N-dealkylation sites (tertiary alicyclic amines) is 1. The summed E-state index contributed by atoms with van der Waals surface area (Å²) < 4.78 is 3.78. The number of hydrogen-bond acceptors (Lipinski definition) is 5. The van der Waals surface area contributed by atoms with Crippen molar-refractivity contribution in [3.8, 4) is 0 Å². The highest BCUT2D eigenvalue weighted by Gasteiger charge is 2.34. The fourth-order valence-electron chi connectivity index (χ4n) is 1.80. The van der Waals surface area contributed by atoms with Gasteiger partial charge in [-0.1, -0.05) is 4.49 Å². The highest BCUT2D eigenvalue weighted by Crippen LogP contribution is 2.23. The molecular weight excluding hydrogens is 186 g/mol. The van der Waals surface area contributed by atoms with Crippen LogP contribution in [0.3, 0.4) is 0 Å². The summed E-state index contributed by atoms with van der Waals surface area (Å²) in [5.74, 6) is 0. The first-order valence-electron chi connectivity index (χ1n) is 4.35. The minimum atomic E-state index is -0.579. The van der Waals surface area contributed by atoms with Gasteiger partial charge in [0.25, 0.3) is 0 Å². The number of β-amino-alcohol motifs (C(OH)–C–C–N with tert-alkyl or cyclic N) is 1. The van der Waals surface area contributed by atoms with Crippen LogP contribution in [0.5, 0.6) is 0 Å². The molecule has 1 aliphatic rings. The predicted octanol–water partition coefficient (Wildman–Crippen LogP) is 0.147. The summed E-state index contributed by atoms with van der Waals surface area (Å²) >= 11 is 1.34. The van der Waals surface area contributed by atoms with Crippen molar-refractivity contribution in [2.75, 3.05) is 20.1 Å². The Labute approximate surface area is 81.4 Å². The van der Waals surface area contributed by atoms with Gasteiger partial charge in [0, 0.05) is 24.9 Å². The second-order valence-electron chi connectivity index (χ2n) is 3.79. The third kappa shape index (κ3) is 2.04. The molecule has 0 amide bonds. The van der Waals surface area contributed by atoms with Gasteiger partial charge in [0.05, 0.1) is 11.3 Å². The van der Waals surface area contributed by atoms with Gasteiger partial charge in [-0.2, -0.15) is 0 Å². The van der Waals surface area contributed by atoms with Gasteiger partial charge in [-0.3, -0.25) is 0 Å². The zero-order valence-electron chi connectivity index (χ0n) is 7.60. The van der Waals surface area contributed by atoms with Crippen molar-refractivity contribution >= 4 is 11.5 Å². The topological polar surface area (TPSA) is 49.2 Å². The van der Waals surface area contributed by atoms with Crippen LogP contribution in [-0.2, 0) is 6.42 Å². The van der Waals surface area contributed by atoms with E-state index in [2.05, 4.69) is 14.5 Å². The predicted molar refractivity (Wildman–Crippen MR) is 50.7 cm³/mol. The van der Waals surface area contributed by atoms with Crippen molar-refractivity contribution in [3.05, 3.63) is 11.1 Å². The summed E-state index contributed by atoms with van der Waals surface area (Å²) in [7, 11) is 2.03. The molecule has 4 nitrogen and oxygen atoms in total. The molecule has 0 aromatic carbocycles. The first-order valence-corrected chi connectivity index (χ1v) is 5.18. The second kappa shape index (κ2) is 3.32. The number of rotatable bonds is 2. The van der Waals surface area contributed by atoms with Crippen LogP contribution < -0.4 is 0 Å². The quantitative estimate of drug-likeness (QED) is 0.736. The van der Waals surface area contributed by atoms with Gasteiger partial charge in [0.2, 0.25) is 0 Å². The van der Waals surface area contributed by atoms with Crippen molar-refractivity contribution in [2.24, 2.45) is 0 Å². The van der Waals surface area contributed by atoms with E-state index in [9.17, 15) is 5.11 Å². The molecule has 0 bridgehead atoms. The van der Waals surface area contributed by atoms with Crippen molar-refractivity contribution in [1.29, 1.82) is 0 Å². The van der Waals surface area contributed by atoms with E-state index < -0.39 is 5.60 Å². The molecule has 1 aromatic heterocycles. The number of hydrogen-bond donors (Lipinski definition) is 1. The molecule has 1 fully saturated rings. The SMILES string of the molecule is CN1CCC(O)(Cc2csnn2)C1. The van der Waals surface area contributed by atoms with Gasteiger partial charge in [-0.15, -0.1) is 5.10 Å². The third-order valence-corrected chi connectivity index (χ3v) is 2.99. The first kappa shape index (κ1) is 9.05. The van der Waals surface area contributed by atoms with Crippen LogP contribution in [0, 0.1) is 0 Å². The van der Waals surface area contributed by atoms with Crippen molar-refractivity contribution < 1.29 is 5.11 Å². The first-order chi connectivity index (χ1) is 6.18. The van der Waals surface area contributed by atoms with E-state index in [1.807, 2.05) is 12.4 Å². The van der Waals surface area contributed by atoms with E-state index >= 15 is 0 Å². The zero-order chi connectivity index (χ0) is 9.31. The lowest BCUT2D eigenvalue weighted by atomic mass is 9.97. The molecular formula is C8H13N3OS. The third-order valence-electron chi connectivity index (χ3n) is 2.44. The average molecular weight is 199 g/mol. The number of nitrogens with zero attached hydrogens (tertiary/aromatic N) is 3. The molecule has 1 atom stereocenters. The maximum atomic E-state index is 10.1. The Kier molecular flexibility index (Phi) is 2.31. The summed E-state index contributed by atoms with van der Waals surface area (Å²) in [5.41, 5.74) is 0.327. The van der Waals surface area contributed by atoms with Gasteiger partial charge in [-0.05, 0) is 25.0 Å². The fraction of sp³-hybridized carbons (Fsp3) is 0.750. The lowest BCUT2D eigenvalue weighted by Crippen LogP contribution is -2.34. The monoisotopic (exact) mass is 199 g/mol. The molecule has 2 rings (SSSR count). The summed E-state index contributed by atoms with van der Waals surface area (Å²) in [4.78, 5) is 2.14. The van der Waals surface area contributed by atoms with Gasteiger partial charge in [-0.25, -0.2) is 0 Å². The molecule has 1 aromatic rings. The Hall–Kier alpha value is -0.520. The molecule has 5 heteroatoms. The lowest BCUT2D eigenvalue weighted by molar-refractivity contribution is 0.0514. The molecule has 13 heavy (non-hydrogen) atoms. The molecule has 1 unspecified atom stereocenters. The second-order valence-corrected chi connectivity index (χ2v) is 4.39. The molecule has 0 radical (unpaired) electrons. The minimum absolute atomic E-state index is 0.579. The van der Waals surface area contributed by atoms with Crippen LogP contribution in [0.25, 0.3) is 0 Å². The van der Waals surface area contributed by atoms with E-state index in [4.69, 9.17) is 0 Å². The maximum absolute atomic E-state index is 10.1. The van der Waals surface area contributed by atoms with E-state index in [0.29, 0.717) is 6.42 Å². The fourth-order valence-corrected chi connectivity index (χ4v) is 2.25. The van der Waals surface area contributed by atoms with Crippen molar-refractivity contribution in [3.63, 3.8) is 0 Å². The average Bonchev–Trinajstić information content (AvgIpc) is 2.62. The largest absolute Gasteiger partial charge is 0.388 e. The van der Waals surface area contributed by atoms with Crippen LogP contribution in [0.15, 0.2) is 5.38 Å². The van der Waals surface area contributed by atoms with Gasteiger partial charge in [0.15, 0.2) is 0 Å². The maximum Gasteiger partial charge on any atom is 0.0842 e. The molecule has 1 N–H and O–H groups in total. The molecule has 0 spiro atoms. The van der Waals surface area contributed by atoms with Gasteiger partial charge < -0.3 is 10.0 Å². The number of aromatic nitrogens is 2. The summed E-state index contributed by atoms with van der Waals surface area (Å²) in [5, 5.41) is 16.0. The van der Waals surface area contributed by atoms with Crippen molar-refractivity contribution in [1.82, 2.24) is 14.5 Å². The van der Waals surface area contributed by atoms with Crippen LogP contribution >= 0.6 is 11.5 Å². The van der Waals surface area contributed by atoms with Gasteiger partial charge >= 0.3 is 0 Å². The molecule has 1 saturated heterocycles. The smallest absolute Gasteiger partial charge is 0.0842 e. The lowest BCUT2D eigenvalue weighted by Gasteiger charge is -2.20. The molecule has 0 saturated carbocycles. The molecule has 1 aliphatic heterocycles. The Morgan fingerprint density at radius 3 is 3.15 bits per heavy atom. The van der Waals surface area contributed by atoms with Crippen LogP contribution in [0.4, 0.5) is 0 Å².